The van der Waals surface area contributed by atoms with E-state index >= 15 is 0 Å². The SMILES string of the molecule is CC[C@H](CNC(=O)[C@@H](C)Sc1ncnc2sccc12)c1ccccc1. The molecule has 0 fully saturated rings. The number of thioether (sulfide) groups is 1. The van der Waals surface area contributed by atoms with Crippen LogP contribution in [0.2, 0.25) is 0 Å². The fraction of sp³-hybridized carbons (Fsp3) is 0.316. The van der Waals surface area contributed by atoms with Crippen LogP contribution >= 0.6 is 23.1 Å². The quantitative estimate of drug-likeness (QED) is 0.491. The number of carbonyl (C=O) groups is 1. The van der Waals surface area contributed by atoms with Gasteiger partial charge in [-0.05, 0) is 30.4 Å². The van der Waals surface area contributed by atoms with E-state index in [0.29, 0.717) is 12.5 Å². The van der Waals surface area contributed by atoms with E-state index in [-0.39, 0.29) is 11.2 Å². The molecule has 0 bridgehead atoms. The fourth-order valence-corrected chi connectivity index (χ4v) is 4.40. The Bertz CT molecular complexity index is 835. The average molecular weight is 372 g/mol. The summed E-state index contributed by atoms with van der Waals surface area (Å²) < 4.78 is 0. The van der Waals surface area contributed by atoms with Gasteiger partial charge in [0.25, 0.3) is 0 Å². The summed E-state index contributed by atoms with van der Waals surface area (Å²) in [6.45, 7) is 4.72. The van der Waals surface area contributed by atoms with Crippen LogP contribution in [-0.2, 0) is 4.79 Å². The molecule has 0 unspecified atom stereocenters. The van der Waals surface area contributed by atoms with E-state index in [1.807, 2.05) is 36.6 Å². The normalized spacial score (nSPS) is 13.5. The van der Waals surface area contributed by atoms with Gasteiger partial charge in [0, 0.05) is 17.8 Å². The third-order valence-corrected chi connectivity index (χ3v) is 6.11. The summed E-state index contributed by atoms with van der Waals surface area (Å²) >= 11 is 3.07. The van der Waals surface area contributed by atoms with Gasteiger partial charge in [-0.15, -0.1) is 11.3 Å². The molecule has 2 aromatic heterocycles. The summed E-state index contributed by atoms with van der Waals surface area (Å²) in [5.41, 5.74) is 1.27. The van der Waals surface area contributed by atoms with Gasteiger partial charge in [-0.1, -0.05) is 49.0 Å². The standard InChI is InChI=1S/C19H21N3OS2/c1-3-14(15-7-5-4-6-8-15)11-20-17(23)13(2)25-19-16-9-10-24-18(16)21-12-22-19/h4-10,12-14H,3,11H2,1-2H3,(H,20,23)/t13-,14-/m1/s1. The minimum absolute atomic E-state index is 0.0429. The zero-order valence-electron chi connectivity index (χ0n) is 14.3. The van der Waals surface area contributed by atoms with Gasteiger partial charge in [-0.3, -0.25) is 4.79 Å². The van der Waals surface area contributed by atoms with E-state index in [4.69, 9.17) is 0 Å². The number of hydrogen-bond acceptors (Lipinski definition) is 5. The molecule has 130 valence electrons. The Hall–Kier alpha value is -1.92. The maximum Gasteiger partial charge on any atom is 0.233 e. The van der Waals surface area contributed by atoms with E-state index in [1.165, 1.54) is 17.3 Å². The second-order valence-electron chi connectivity index (χ2n) is 5.84. The molecule has 0 radical (unpaired) electrons. The van der Waals surface area contributed by atoms with E-state index < -0.39 is 0 Å². The molecule has 1 aromatic carbocycles. The van der Waals surface area contributed by atoms with Crippen LogP contribution in [0.25, 0.3) is 10.2 Å². The monoisotopic (exact) mass is 371 g/mol. The molecular weight excluding hydrogens is 350 g/mol. The number of rotatable bonds is 7. The first-order chi connectivity index (χ1) is 12.2. The number of aromatic nitrogens is 2. The molecule has 2 heterocycles. The molecule has 3 aromatic rings. The van der Waals surface area contributed by atoms with Crippen molar-refractivity contribution in [2.24, 2.45) is 0 Å². The predicted octanol–water partition coefficient (Wildman–Crippen LogP) is 4.48. The van der Waals surface area contributed by atoms with Gasteiger partial charge in [0.2, 0.25) is 5.91 Å². The number of amides is 1. The van der Waals surface area contributed by atoms with Crippen LogP contribution in [0.15, 0.2) is 53.1 Å². The molecule has 1 amide bonds. The number of thiophene rings is 1. The maximum atomic E-state index is 12.5. The molecule has 25 heavy (non-hydrogen) atoms. The van der Waals surface area contributed by atoms with Gasteiger partial charge in [-0.25, -0.2) is 9.97 Å². The van der Waals surface area contributed by atoms with E-state index in [0.717, 1.165) is 21.7 Å². The van der Waals surface area contributed by atoms with E-state index in [1.54, 1.807) is 17.7 Å². The first-order valence-electron chi connectivity index (χ1n) is 8.36. The number of nitrogens with zero attached hydrogens (tertiary/aromatic N) is 2. The van der Waals surface area contributed by atoms with Crippen molar-refractivity contribution in [2.45, 2.75) is 36.5 Å². The summed E-state index contributed by atoms with van der Waals surface area (Å²) in [6, 6.07) is 12.3. The van der Waals surface area contributed by atoms with Crippen LogP contribution in [0.3, 0.4) is 0 Å². The second-order valence-corrected chi connectivity index (χ2v) is 8.06. The Kier molecular flexibility index (Phi) is 6.04. The van der Waals surface area contributed by atoms with Crippen molar-refractivity contribution in [3.05, 3.63) is 53.7 Å². The summed E-state index contributed by atoms with van der Waals surface area (Å²) in [7, 11) is 0. The largest absolute Gasteiger partial charge is 0.355 e. The Morgan fingerprint density at radius 1 is 1.24 bits per heavy atom. The Morgan fingerprint density at radius 3 is 2.80 bits per heavy atom. The molecule has 0 spiro atoms. The first kappa shape index (κ1) is 17.9. The highest BCUT2D eigenvalue weighted by atomic mass is 32.2. The summed E-state index contributed by atoms with van der Waals surface area (Å²) in [5, 5.41) is 6.78. The lowest BCUT2D eigenvalue weighted by molar-refractivity contribution is -0.120. The lowest BCUT2D eigenvalue weighted by Gasteiger charge is -2.18. The molecule has 0 aliphatic rings. The lowest BCUT2D eigenvalue weighted by atomic mass is 9.96. The van der Waals surface area contributed by atoms with Crippen molar-refractivity contribution >= 4 is 39.2 Å². The topological polar surface area (TPSA) is 54.9 Å². The van der Waals surface area contributed by atoms with Gasteiger partial charge in [-0.2, -0.15) is 0 Å². The van der Waals surface area contributed by atoms with Crippen LogP contribution < -0.4 is 5.32 Å². The highest BCUT2D eigenvalue weighted by Gasteiger charge is 2.18. The summed E-state index contributed by atoms with van der Waals surface area (Å²) in [6.07, 6.45) is 2.56. The smallest absolute Gasteiger partial charge is 0.233 e. The number of hydrogen-bond donors (Lipinski definition) is 1. The zero-order chi connectivity index (χ0) is 17.6. The van der Waals surface area contributed by atoms with Gasteiger partial charge in [0.05, 0.1) is 5.25 Å². The number of carbonyl (C=O) groups excluding carboxylic acids is 1. The van der Waals surface area contributed by atoms with Crippen molar-refractivity contribution in [3.8, 4) is 0 Å². The molecule has 0 saturated heterocycles. The van der Waals surface area contributed by atoms with Crippen molar-refractivity contribution in [1.82, 2.24) is 15.3 Å². The lowest BCUT2D eigenvalue weighted by Crippen LogP contribution is -2.34. The molecule has 0 aliphatic carbocycles. The van der Waals surface area contributed by atoms with Gasteiger partial charge in [0.15, 0.2) is 0 Å². The third kappa shape index (κ3) is 4.38. The van der Waals surface area contributed by atoms with Gasteiger partial charge >= 0.3 is 0 Å². The van der Waals surface area contributed by atoms with Crippen molar-refractivity contribution in [1.29, 1.82) is 0 Å². The molecule has 2 atom stereocenters. The molecular formula is C19H21N3OS2. The van der Waals surface area contributed by atoms with Crippen molar-refractivity contribution < 1.29 is 4.79 Å². The van der Waals surface area contributed by atoms with Crippen LogP contribution in [0.5, 0.6) is 0 Å². The number of benzene rings is 1. The summed E-state index contributed by atoms with van der Waals surface area (Å²) in [4.78, 5) is 22.0. The molecule has 3 rings (SSSR count). The third-order valence-electron chi connectivity index (χ3n) is 4.17. The summed E-state index contributed by atoms with van der Waals surface area (Å²) in [5.74, 6) is 0.381. The Morgan fingerprint density at radius 2 is 2.04 bits per heavy atom. The van der Waals surface area contributed by atoms with Crippen LogP contribution in [0.4, 0.5) is 0 Å². The fourth-order valence-electron chi connectivity index (χ4n) is 2.67. The molecule has 6 heteroatoms. The van der Waals surface area contributed by atoms with Gasteiger partial charge < -0.3 is 5.32 Å². The highest BCUT2D eigenvalue weighted by Crippen LogP contribution is 2.30. The molecule has 1 N–H and O–H groups in total. The number of fused-ring (bicyclic) bond motifs is 1. The van der Waals surface area contributed by atoms with E-state index in [2.05, 4.69) is 34.3 Å². The maximum absolute atomic E-state index is 12.5. The molecule has 0 aliphatic heterocycles. The Balaban J connectivity index is 1.60. The van der Waals surface area contributed by atoms with Crippen molar-refractivity contribution in [3.63, 3.8) is 0 Å². The minimum Gasteiger partial charge on any atom is -0.355 e. The van der Waals surface area contributed by atoms with Crippen molar-refractivity contribution in [2.75, 3.05) is 6.54 Å². The van der Waals surface area contributed by atoms with E-state index in [9.17, 15) is 4.79 Å². The van der Waals surface area contributed by atoms with Gasteiger partial charge in [0.1, 0.15) is 16.2 Å². The minimum atomic E-state index is -0.203. The number of nitrogens with one attached hydrogen (secondary N) is 1. The first-order valence-corrected chi connectivity index (χ1v) is 10.1. The molecule has 0 saturated carbocycles. The average Bonchev–Trinajstić information content (AvgIpc) is 3.12. The predicted molar refractivity (Wildman–Crippen MR) is 105 cm³/mol. The van der Waals surface area contributed by atoms with Crippen LogP contribution in [0.1, 0.15) is 31.7 Å². The molecule has 4 nitrogen and oxygen atoms in total. The zero-order valence-corrected chi connectivity index (χ0v) is 15.9. The van der Waals surface area contributed by atoms with Crippen LogP contribution in [-0.4, -0.2) is 27.7 Å². The van der Waals surface area contributed by atoms with Crippen LogP contribution in [0, 0.1) is 0 Å². The Labute approximate surface area is 156 Å². The highest BCUT2D eigenvalue weighted by molar-refractivity contribution is 8.00. The second kappa shape index (κ2) is 8.45.